The molecule has 2 unspecified atom stereocenters. The minimum absolute atomic E-state index is 0.0213. The molecule has 1 fully saturated rings. The summed E-state index contributed by atoms with van der Waals surface area (Å²) in [6.45, 7) is 11.6. The number of carbonyl (C=O) groups excluding carboxylic acids is 2. The van der Waals surface area contributed by atoms with Crippen molar-refractivity contribution in [1.29, 1.82) is 0 Å². The van der Waals surface area contributed by atoms with Crippen molar-refractivity contribution in [2.75, 3.05) is 37.5 Å². The first-order valence-electron chi connectivity index (χ1n) is 14.2. The molecule has 2 aliphatic rings. The average molecular weight is 577 g/mol. The molecule has 8 nitrogen and oxygen atoms in total. The molecule has 1 saturated heterocycles. The number of nitrogens with one attached hydrogen (secondary N) is 1. The lowest BCUT2D eigenvalue weighted by molar-refractivity contribution is -0.123. The Morgan fingerprint density at radius 2 is 1.98 bits per heavy atom. The number of thioether (sulfide) groups is 1. The normalized spacial score (nSPS) is 19.2. The van der Waals surface area contributed by atoms with Crippen LogP contribution in [0.4, 0.5) is 5.82 Å². The average Bonchev–Trinajstić information content (AvgIpc) is 3.57. The van der Waals surface area contributed by atoms with Crippen molar-refractivity contribution in [1.82, 2.24) is 15.1 Å². The molecule has 218 valence electrons. The monoisotopic (exact) mass is 576 g/mol. The number of fused-ring (bicyclic) bond motifs is 1. The molecular formula is C32H40N4O4S. The van der Waals surface area contributed by atoms with Crippen molar-refractivity contribution in [3.8, 4) is 11.4 Å². The van der Waals surface area contributed by atoms with Crippen LogP contribution in [-0.4, -0.2) is 60.3 Å². The Hall–Kier alpha value is -3.30. The topological polar surface area (TPSA) is 85.7 Å². The Balaban J connectivity index is 1.69. The van der Waals surface area contributed by atoms with Crippen LogP contribution in [0.3, 0.4) is 0 Å². The molecule has 3 heterocycles. The molecule has 3 aromatic rings. The van der Waals surface area contributed by atoms with Crippen LogP contribution in [-0.2, 0) is 19.7 Å². The molecule has 2 atom stereocenters. The number of aryl methyl sites for hydroxylation is 2. The highest BCUT2D eigenvalue weighted by molar-refractivity contribution is 8.00. The second kappa shape index (κ2) is 11.9. The summed E-state index contributed by atoms with van der Waals surface area (Å²) in [5, 5.41) is 8.00. The Bertz CT molecular complexity index is 1440. The largest absolute Gasteiger partial charge is 0.496 e. The van der Waals surface area contributed by atoms with Crippen molar-refractivity contribution >= 4 is 29.4 Å². The zero-order valence-corrected chi connectivity index (χ0v) is 25.6. The van der Waals surface area contributed by atoms with Gasteiger partial charge in [-0.15, -0.1) is 11.8 Å². The number of aromatic nitrogens is 2. The molecule has 0 radical (unpaired) electrons. The quantitative estimate of drug-likeness (QED) is 0.413. The van der Waals surface area contributed by atoms with Crippen LogP contribution in [0.15, 0.2) is 42.5 Å². The van der Waals surface area contributed by atoms with Crippen LogP contribution in [0.25, 0.3) is 5.69 Å². The SMILES string of the molecule is COc1ccccc1C1SCC(=O)N(CC(=O)NCC2CCCO2)c2c1c(C(C)(C)C)nn2-c1ccc(C)cc1C. The van der Waals surface area contributed by atoms with E-state index in [1.807, 2.05) is 28.9 Å². The van der Waals surface area contributed by atoms with Gasteiger partial charge in [0.05, 0.1) is 35.6 Å². The van der Waals surface area contributed by atoms with Crippen molar-refractivity contribution in [2.45, 2.75) is 64.2 Å². The van der Waals surface area contributed by atoms with E-state index >= 15 is 0 Å². The van der Waals surface area contributed by atoms with E-state index in [1.54, 1.807) is 23.8 Å². The van der Waals surface area contributed by atoms with Gasteiger partial charge >= 0.3 is 0 Å². The molecule has 2 amide bonds. The first kappa shape index (κ1) is 29.2. The number of hydrogen-bond donors (Lipinski definition) is 1. The number of anilines is 1. The number of ether oxygens (including phenoxy) is 2. The van der Waals surface area contributed by atoms with Gasteiger partial charge in [-0.2, -0.15) is 5.10 Å². The van der Waals surface area contributed by atoms with Crippen LogP contribution in [0.2, 0.25) is 0 Å². The minimum atomic E-state index is -0.337. The first-order valence-corrected chi connectivity index (χ1v) is 15.3. The lowest BCUT2D eigenvalue weighted by atomic mass is 9.87. The van der Waals surface area contributed by atoms with E-state index < -0.39 is 0 Å². The number of benzene rings is 2. The van der Waals surface area contributed by atoms with Crippen LogP contribution < -0.4 is 15.0 Å². The summed E-state index contributed by atoms with van der Waals surface area (Å²) in [6, 6.07) is 14.2. The number of nitrogens with zero attached hydrogens (tertiary/aromatic N) is 3. The number of hydrogen-bond acceptors (Lipinski definition) is 6. The standard InChI is InChI=1S/C32H40N4O4S/c1-20-13-14-24(21(2)16-20)36-31-28(30(34-36)32(3,4)5)29(23-11-7-8-12-25(23)39-6)41-19-27(38)35(31)18-26(37)33-17-22-10-9-15-40-22/h7-8,11-14,16,22,29H,9-10,15,17-19H2,1-6H3,(H,33,37). The maximum atomic E-state index is 13.9. The van der Waals surface area contributed by atoms with E-state index in [4.69, 9.17) is 14.6 Å². The fraction of sp³-hybridized carbons (Fsp3) is 0.469. The molecule has 0 aliphatic carbocycles. The molecule has 1 aromatic heterocycles. The summed E-state index contributed by atoms with van der Waals surface area (Å²) < 4.78 is 13.4. The van der Waals surface area contributed by atoms with Crippen molar-refractivity contribution in [2.24, 2.45) is 0 Å². The number of rotatable bonds is 7. The minimum Gasteiger partial charge on any atom is -0.496 e. The lowest BCUT2D eigenvalue weighted by Crippen LogP contribution is -2.44. The summed E-state index contributed by atoms with van der Waals surface area (Å²) in [5.74, 6) is 1.26. The van der Waals surface area contributed by atoms with E-state index in [-0.39, 0.29) is 40.9 Å². The van der Waals surface area contributed by atoms with Gasteiger partial charge in [0.2, 0.25) is 11.8 Å². The number of carbonyl (C=O) groups is 2. The third-order valence-corrected chi connectivity index (χ3v) is 8.89. The predicted molar refractivity (Wildman–Crippen MR) is 163 cm³/mol. The van der Waals surface area contributed by atoms with E-state index in [9.17, 15) is 9.59 Å². The van der Waals surface area contributed by atoms with Gasteiger partial charge in [0.25, 0.3) is 0 Å². The smallest absolute Gasteiger partial charge is 0.240 e. The molecule has 1 N–H and O–H groups in total. The summed E-state index contributed by atoms with van der Waals surface area (Å²) >= 11 is 1.55. The fourth-order valence-electron chi connectivity index (χ4n) is 5.65. The van der Waals surface area contributed by atoms with E-state index in [0.717, 1.165) is 58.8 Å². The molecule has 2 aliphatic heterocycles. The highest BCUT2D eigenvalue weighted by Gasteiger charge is 2.41. The lowest BCUT2D eigenvalue weighted by Gasteiger charge is -2.25. The van der Waals surface area contributed by atoms with E-state index in [2.05, 4.69) is 58.1 Å². The van der Waals surface area contributed by atoms with E-state index in [0.29, 0.717) is 12.4 Å². The zero-order chi connectivity index (χ0) is 29.3. The van der Waals surface area contributed by atoms with Gasteiger partial charge in [-0.1, -0.05) is 56.7 Å². The van der Waals surface area contributed by atoms with Crippen LogP contribution in [0.5, 0.6) is 5.75 Å². The maximum Gasteiger partial charge on any atom is 0.240 e. The second-order valence-corrected chi connectivity index (χ2v) is 13.0. The van der Waals surface area contributed by atoms with Gasteiger partial charge < -0.3 is 14.8 Å². The number of amides is 2. The van der Waals surface area contributed by atoms with Gasteiger partial charge in [-0.05, 0) is 44.4 Å². The van der Waals surface area contributed by atoms with Gasteiger partial charge in [-0.3, -0.25) is 14.5 Å². The van der Waals surface area contributed by atoms with Gasteiger partial charge in [0.1, 0.15) is 18.1 Å². The number of para-hydroxylation sites is 1. The first-order chi connectivity index (χ1) is 19.6. The third-order valence-electron chi connectivity index (χ3n) is 7.65. The Morgan fingerprint density at radius 3 is 2.66 bits per heavy atom. The number of methoxy groups -OCH3 is 1. The molecule has 0 spiro atoms. The molecular weight excluding hydrogens is 536 g/mol. The highest BCUT2D eigenvalue weighted by Crippen LogP contribution is 2.50. The Labute approximate surface area is 246 Å². The zero-order valence-electron chi connectivity index (χ0n) is 24.8. The van der Waals surface area contributed by atoms with Gasteiger partial charge in [-0.25, -0.2) is 4.68 Å². The molecule has 0 bridgehead atoms. The maximum absolute atomic E-state index is 13.9. The van der Waals surface area contributed by atoms with E-state index in [1.165, 1.54) is 0 Å². The Morgan fingerprint density at radius 1 is 1.20 bits per heavy atom. The van der Waals surface area contributed by atoms with Crippen LogP contribution in [0, 0.1) is 13.8 Å². The van der Waals surface area contributed by atoms with Crippen molar-refractivity contribution < 1.29 is 19.1 Å². The highest BCUT2D eigenvalue weighted by atomic mass is 32.2. The predicted octanol–water partition coefficient (Wildman–Crippen LogP) is 5.26. The van der Waals surface area contributed by atoms with Gasteiger partial charge in [0, 0.05) is 29.7 Å². The third kappa shape index (κ3) is 6.02. The van der Waals surface area contributed by atoms with Crippen molar-refractivity contribution in [3.63, 3.8) is 0 Å². The fourth-order valence-corrected chi connectivity index (χ4v) is 6.87. The van der Waals surface area contributed by atoms with Crippen LogP contribution in [0.1, 0.15) is 66.8 Å². The molecule has 0 saturated carbocycles. The molecule has 5 rings (SSSR count). The van der Waals surface area contributed by atoms with Crippen molar-refractivity contribution in [3.05, 3.63) is 70.4 Å². The summed E-state index contributed by atoms with van der Waals surface area (Å²) in [7, 11) is 1.67. The Kier molecular flexibility index (Phi) is 8.47. The second-order valence-electron chi connectivity index (χ2n) is 11.9. The van der Waals surface area contributed by atoms with Gasteiger partial charge in [0.15, 0.2) is 0 Å². The molecule has 41 heavy (non-hydrogen) atoms. The summed E-state index contributed by atoms with van der Waals surface area (Å²) in [6.07, 6.45) is 1.95. The molecule has 2 aromatic carbocycles. The molecule has 9 heteroatoms. The summed E-state index contributed by atoms with van der Waals surface area (Å²) in [4.78, 5) is 28.9. The van der Waals surface area contributed by atoms with Crippen LogP contribution >= 0.6 is 11.8 Å². The summed E-state index contributed by atoms with van der Waals surface area (Å²) in [5.41, 5.74) is 5.52.